The second-order valence-corrected chi connectivity index (χ2v) is 5.39. The van der Waals surface area contributed by atoms with E-state index in [0.29, 0.717) is 12.6 Å². The Morgan fingerprint density at radius 1 is 1.35 bits per heavy atom. The van der Waals surface area contributed by atoms with Crippen molar-refractivity contribution in [2.75, 3.05) is 33.9 Å². The van der Waals surface area contributed by atoms with E-state index in [4.69, 9.17) is 4.74 Å². The summed E-state index contributed by atoms with van der Waals surface area (Å²) in [5.74, 6) is 0. The van der Waals surface area contributed by atoms with E-state index in [1.54, 1.807) is 0 Å². The van der Waals surface area contributed by atoms with E-state index in [2.05, 4.69) is 23.3 Å². The predicted octanol–water partition coefficient (Wildman–Crippen LogP) is 1.74. The zero-order chi connectivity index (χ0) is 14.4. The van der Waals surface area contributed by atoms with Gasteiger partial charge in [-0.1, -0.05) is 30.3 Å². The Hall–Kier alpha value is -1.41. The molecule has 0 saturated carbocycles. The highest BCUT2D eigenvalue weighted by atomic mass is 16.5. The molecule has 20 heavy (non-hydrogen) atoms. The minimum Gasteiger partial charge on any atom is -0.381 e. The summed E-state index contributed by atoms with van der Waals surface area (Å²) in [4.78, 5) is 2.29. The van der Waals surface area contributed by atoms with Crippen LogP contribution >= 0.6 is 0 Å². The van der Waals surface area contributed by atoms with Crippen LogP contribution in [0.5, 0.6) is 0 Å². The summed E-state index contributed by atoms with van der Waals surface area (Å²) in [6.07, 6.45) is 2.08. The lowest BCUT2D eigenvalue weighted by Gasteiger charge is -2.37. The van der Waals surface area contributed by atoms with Crippen LogP contribution in [-0.4, -0.2) is 44.8 Å². The van der Waals surface area contributed by atoms with Gasteiger partial charge in [-0.25, -0.2) is 0 Å². The minimum atomic E-state index is -0.658. The predicted molar refractivity (Wildman–Crippen MR) is 79.3 cm³/mol. The highest BCUT2D eigenvalue weighted by Crippen LogP contribution is 2.23. The molecule has 1 aromatic rings. The summed E-state index contributed by atoms with van der Waals surface area (Å²) in [7, 11) is 3.95. The molecule has 1 atom stereocenters. The maximum Gasteiger partial charge on any atom is 0.144 e. The first-order valence-corrected chi connectivity index (χ1v) is 7.15. The van der Waals surface area contributed by atoms with Crippen molar-refractivity contribution in [3.05, 3.63) is 35.9 Å². The fourth-order valence-corrected chi connectivity index (χ4v) is 2.82. The third-order valence-corrected chi connectivity index (χ3v) is 4.18. The van der Waals surface area contributed by atoms with Gasteiger partial charge in [-0.15, -0.1) is 0 Å². The maximum atomic E-state index is 9.71. The van der Waals surface area contributed by atoms with Crippen molar-refractivity contribution in [2.24, 2.45) is 0 Å². The molecule has 0 aliphatic carbocycles. The fourth-order valence-electron chi connectivity index (χ4n) is 2.82. The lowest BCUT2D eigenvalue weighted by atomic mass is 9.90. The molecular weight excluding hydrogens is 250 g/mol. The van der Waals surface area contributed by atoms with E-state index in [0.717, 1.165) is 31.6 Å². The van der Waals surface area contributed by atoms with Gasteiger partial charge in [0.1, 0.15) is 5.54 Å². The van der Waals surface area contributed by atoms with Gasteiger partial charge in [-0.3, -0.25) is 10.2 Å². The first-order valence-electron chi connectivity index (χ1n) is 7.15. The van der Waals surface area contributed by atoms with Gasteiger partial charge >= 0.3 is 0 Å². The van der Waals surface area contributed by atoms with Crippen LogP contribution in [0, 0.1) is 11.3 Å². The van der Waals surface area contributed by atoms with Crippen molar-refractivity contribution >= 4 is 0 Å². The molecule has 1 N–H and O–H groups in total. The molecular formula is C16H23N3O. The number of nitriles is 1. The summed E-state index contributed by atoms with van der Waals surface area (Å²) in [5, 5.41) is 12.9. The minimum absolute atomic E-state index is 0.494. The van der Waals surface area contributed by atoms with Crippen molar-refractivity contribution in [3.8, 4) is 6.07 Å². The molecule has 0 aromatic heterocycles. The Bertz CT molecular complexity index is 451. The van der Waals surface area contributed by atoms with Gasteiger partial charge < -0.3 is 4.74 Å². The van der Waals surface area contributed by atoms with Gasteiger partial charge in [0.2, 0.25) is 0 Å². The van der Waals surface area contributed by atoms with Crippen molar-refractivity contribution in [1.29, 1.82) is 5.26 Å². The van der Waals surface area contributed by atoms with Crippen LogP contribution < -0.4 is 5.32 Å². The molecule has 0 spiro atoms. The number of ether oxygens (including phenoxy) is 1. The molecule has 1 saturated heterocycles. The first kappa shape index (κ1) is 15.0. The van der Waals surface area contributed by atoms with Gasteiger partial charge in [-0.05, 0) is 32.5 Å². The number of hydrogen-bond donors (Lipinski definition) is 1. The first-order chi connectivity index (χ1) is 9.72. The molecule has 1 heterocycles. The maximum absolute atomic E-state index is 9.71. The molecule has 1 unspecified atom stereocenters. The molecule has 1 fully saturated rings. The summed E-state index contributed by atoms with van der Waals surface area (Å²) in [6, 6.07) is 12.9. The van der Waals surface area contributed by atoms with Crippen LogP contribution in [0.15, 0.2) is 30.3 Å². The van der Waals surface area contributed by atoms with E-state index in [9.17, 15) is 5.26 Å². The number of nitrogens with one attached hydrogen (secondary N) is 1. The highest BCUT2D eigenvalue weighted by Gasteiger charge is 2.34. The molecule has 0 radical (unpaired) electrons. The lowest BCUT2D eigenvalue weighted by molar-refractivity contribution is 0.0370. The van der Waals surface area contributed by atoms with Gasteiger partial charge in [0, 0.05) is 25.8 Å². The Balaban J connectivity index is 2.15. The highest BCUT2D eigenvalue weighted by molar-refractivity contribution is 5.32. The van der Waals surface area contributed by atoms with Crippen LogP contribution in [-0.2, 0) is 10.3 Å². The molecule has 1 aliphatic rings. The zero-order valence-corrected chi connectivity index (χ0v) is 12.3. The number of hydrogen-bond acceptors (Lipinski definition) is 4. The van der Waals surface area contributed by atoms with E-state index >= 15 is 0 Å². The number of rotatable bonds is 5. The Morgan fingerprint density at radius 3 is 2.55 bits per heavy atom. The van der Waals surface area contributed by atoms with E-state index < -0.39 is 5.54 Å². The van der Waals surface area contributed by atoms with Crippen LogP contribution in [0.2, 0.25) is 0 Å². The third-order valence-electron chi connectivity index (χ3n) is 4.18. The molecule has 0 bridgehead atoms. The van der Waals surface area contributed by atoms with Gasteiger partial charge in [0.05, 0.1) is 6.07 Å². The summed E-state index contributed by atoms with van der Waals surface area (Å²) in [6.45, 7) is 2.31. The van der Waals surface area contributed by atoms with E-state index in [1.807, 2.05) is 37.4 Å². The average molecular weight is 273 g/mol. The van der Waals surface area contributed by atoms with Crippen molar-refractivity contribution in [1.82, 2.24) is 10.2 Å². The Labute approximate surface area is 121 Å². The smallest absolute Gasteiger partial charge is 0.144 e. The van der Waals surface area contributed by atoms with Crippen LogP contribution in [0.4, 0.5) is 0 Å². The summed E-state index contributed by atoms with van der Waals surface area (Å²) < 4.78 is 5.41. The monoisotopic (exact) mass is 273 g/mol. The Kier molecular flexibility index (Phi) is 5.13. The number of benzene rings is 1. The molecule has 4 heteroatoms. The number of nitrogens with zero attached hydrogens (tertiary/aromatic N) is 2. The SMILES string of the molecule is CNC(C#N)(CN(C)C1CCOCC1)c1ccccc1. The standard InChI is InChI=1S/C16H23N3O/c1-18-16(12-17,14-6-4-3-5-7-14)13-19(2)15-8-10-20-11-9-15/h3-7,15,18H,8-11,13H2,1-2H3. The van der Waals surface area contributed by atoms with Crippen molar-refractivity contribution < 1.29 is 4.74 Å². The second-order valence-electron chi connectivity index (χ2n) is 5.39. The molecule has 2 rings (SSSR count). The van der Waals surface area contributed by atoms with Crippen molar-refractivity contribution in [2.45, 2.75) is 24.4 Å². The third kappa shape index (κ3) is 3.18. The number of likely N-dealkylation sites (N-methyl/N-ethyl adjacent to an activating group) is 2. The largest absolute Gasteiger partial charge is 0.381 e. The summed E-state index contributed by atoms with van der Waals surface area (Å²) in [5.41, 5.74) is 0.359. The fraction of sp³-hybridized carbons (Fsp3) is 0.562. The molecule has 1 aromatic carbocycles. The lowest BCUT2D eigenvalue weighted by Crippen LogP contribution is -2.51. The van der Waals surface area contributed by atoms with E-state index in [1.165, 1.54) is 0 Å². The normalized spacial score (nSPS) is 19.5. The molecule has 0 amide bonds. The van der Waals surface area contributed by atoms with Crippen LogP contribution in [0.1, 0.15) is 18.4 Å². The Morgan fingerprint density at radius 2 is 2.00 bits per heavy atom. The van der Waals surface area contributed by atoms with E-state index in [-0.39, 0.29) is 0 Å². The van der Waals surface area contributed by atoms with Crippen LogP contribution in [0.3, 0.4) is 0 Å². The zero-order valence-electron chi connectivity index (χ0n) is 12.3. The van der Waals surface area contributed by atoms with Crippen molar-refractivity contribution in [3.63, 3.8) is 0 Å². The molecule has 1 aliphatic heterocycles. The molecule has 4 nitrogen and oxygen atoms in total. The average Bonchev–Trinajstić information content (AvgIpc) is 2.54. The quantitative estimate of drug-likeness (QED) is 0.887. The van der Waals surface area contributed by atoms with Gasteiger partial charge in [-0.2, -0.15) is 5.26 Å². The van der Waals surface area contributed by atoms with Crippen LogP contribution in [0.25, 0.3) is 0 Å². The molecule has 108 valence electrons. The van der Waals surface area contributed by atoms with Gasteiger partial charge in [0.25, 0.3) is 0 Å². The van der Waals surface area contributed by atoms with Gasteiger partial charge in [0.15, 0.2) is 0 Å². The second kappa shape index (κ2) is 6.85. The topological polar surface area (TPSA) is 48.3 Å². The summed E-state index contributed by atoms with van der Waals surface area (Å²) >= 11 is 0.